The largest absolute Gasteiger partial charge is 0.459 e. The van der Waals surface area contributed by atoms with Crippen LogP contribution in [-0.4, -0.2) is 131 Å². The van der Waals surface area contributed by atoms with E-state index in [1.165, 1.54) is 0 Å². The number of nitrogens with zero attached hydrogens (tertiary/aromatic N) is 5. The molecule has 3 fully saturated rings. The molecule has 0 aliphatic carbocycles. The highest BCUT2D eigenvalue weighted by molar-refractivity contribution is 9.11. The summed E-state index contributed by atoms with van der Waals surface area (Å²) >= 11 is 7.06. The molecule has 0 radical (unpaired) electrons. The van der Waals surface area contributed by atoms with E-state index >= 15 is 0 Å². The van der Waals surface area contributed by atoms with Crippen LogP contribution in [0.1, 0.15) is 57.6 Å². The molecule has 6 rings (SSSR count). The highest BCUT2D eigenvalue weighted by atomic mass is 79.9. The van der Waals surface area contributed by atoms with E-state index in [1.807, 2.05) is 67.0 Å². The summed E-state index contributed by atoms with van der Waals surface area (Å²) in [6.45, 7) is 12.0. The molecular weight excluding hydrogens is 808 g/mol. The molecule has 4 N–H and O–H groups in total. The van der Waals surface area contributed by atoms with Gasteiger partial charge in [0.15, 0.2) is 0 Å². The number of nitrogens with one attached hydrogen (secondary N) is 2. The molecule has 4 heterocycles. The Kier molecular flexibility index (Phi) is 12.6. The van der Waals surface area contributed by atoms with Gasteiger partial charge in [-0.2, -0.15) is 0 Å². The molecule has 53 heavy (non-hydrogen) atoms. The van der Waals surface area contributed by atoms with Crippen LogP contribution in [-0.2, 0) is 27.3 Å². The SMILES string of the molecule is CC(C)(C)OC(=O)CN1CCN(C2CCN(C(=O)[C@@H](Cc3cc(Br)c(N)c(Br)c3)NC(=O)N3CCC(N4Cc5ccccc5NC4=O)CC3)CC2)CC1. The number of piperazine rings is 1. The van der Waals surface area contributed by atoms with Crippen molar-refractivity contribution in [2.24, 2.45) is 0 Å². The normalized spacial score (nSPS) is 20.1. The minimum atomic E-state index is -0.764. The van der Waals surface area contributed by atoms with Crippen molar-refractivity contribution >= 4 is 67.2 Å². The molecule has 4 aliphatic heterocycles. The fourth-order valence-electron chi connectivity index (χ4n) is 7.84. The fraction of sp³-hybridized carbons (Fsp3) is 0.579. The Morgan fingerprint density at radius 1 is 0.906 bits per heavy atom. The Bertz CT molecular complexity index is 1640. The predicted octanol–water partition coefficient (Wildman–Crippen LogP) is 4.88. The predicted molar refractivity (Wildman–Crippen MR) is 211 cm³/mol. The van der Waals surface area contributed by atoms with Crippen LogP contribution in [0.2, 0.25) is 0 Å². The van der Waals surface area contributed by atoms with Gasteiger partial charge in [0.25, 0.3) is 0 Å². The number of carbonyl (C=O) groups excluding carboxylic acids is 4. The highest BCUT2D eigenvalue weighted by Crippen LogP contribution is 2.31. The van der Waals surface area contributed by atoms with Gasteiger partial charge in [-0.3, -0.25) is 19.4 Å². The molecule has 288 valence electrons. The van der Waals surface area contributed by atoms with Crippen molar-refractivity contribution in [3.8, 4) is 0 Å². The topological polar surface area (TPSA) is 144 Å². The van der Waals surface area contributed by atoms with Crippen molar-refractivity contribution in [3.63, 3.8) is 0 Å². The van der Waals surface area contributed by atoms with Crippen LogP contribution in [0.15, 0.2) is 45.3 Å². The minimum absolute atomic E-state index is 0.0172. The first kappa shape index (κ1) is 39.3. The Hall–Kier alpha value is -3.40. The lowest BCUT2D eigenvalue weighted by atomic mass is 9.99. The second-order valence-corrected chi connectivity index (χ2v) is 17.3. The van der Waals surface area contributed by atoms with Gasteiger partial charge < -0.3 is 35.8 Å². The third kappa shape index (κ3) is 10.0. The maximum absolute atomic E-state index is 14.2. The summed E-state index contributed by atoms with van der Waals surface area (Å²) in [4.78, 5) is 63.4. The van der Waals surface area contributed by atoms with Gasteiger partial charge in [0, 0.05) is 92.0 Å². The summed E-state index contributed by atoms with van der Waals surface area (Å²) in [6.07, 6.45) is 3.31. The van der Waals surface area contributed by atoms with Gasteiger partial charge >= 0.3 is 18.0 Å². The first-order chi connectivity index (χ1) is 25.2. The zero-order valence-electron chi connectivity index (χ0n) is 30.9. The van der Waals surface area contributed by atoms with E-state index in [4.69, 9.17) is 10.5 Å². The zero-order valence-corrected chi connectivity index (χ0v) is 34.1. The average molecular weight is 861 g/mol. The zero-order chi connectivity index (χ0) is 37.9. The number of benzene rings is 2. The van der Waals surface area contributed by atoms with E-state index in [-0.39, 0.29) is 30.0 Å². The summed E-state index contributed by atoms with van der Waals surface area (Å²) in [6, 6.07) is 10.9. The number of nitrogen functional groups attached to an aromatic ring is 1. The highest BCUT2D eigenvalue weighted by Gasteiger charge is 2.36. The number of anilines is 2. The van der Waals surface area contributed by atoms with E-state index in [1.54, 1.807) is 4.90 Å². The van der Waals surface area contributed by atoms with Crippen LogP contribution in [0.3, 0.4) is 0 Å². The number of fused-ring (bicyclic) bond motifs is 1. The van der Waals surface area contributed by atoms with Gasteiger partial charge in [0.1, 0.15) is 11.6 Å². The quantitative estimate of drug-likeness (QED) is 0.252. The van der Waals surface area contributed by atoms with Gasteiger partial charge in [0.2, 0.25) is 5.91 Å². The number of rotatable bonds is 8. The first-order valence-electron chi connectivity index (χ1n) is 18.7. The smallest absolute Gasteiger partial charge is 0.322 e. The number of esters is 1. The van der Waals surface area contributed by atoms with Crippen molar-refractivity contribution < 1.29 is 23.9 Å². The molecule has 5 amide bonds. The lowest BCUT2D eigenvalue weighted by molar-refractivity contribution is -0.156. The number of ether oxygens (including phenoxy) is 1. The molecule has 0 bridgehead atoms. The minimum Gasteiger partial charge on any atom is -0.459 e. The summed E-state index contributed by atoms with van der Waals surface area (Å²) in [5, 5.41) is 6.10. The molecule has 0 saturated carbocycles. The number of piperidine rings is 2. The number of likely N-dealkylation sites (tertiary alicyclic amines) is 2. The van der Waals surface area contributed by atoms with Crippen molar-refractivity contribution in [1.29, 1.82) is 0 Å². The van der Waals surface area contributed by atoms with Crippen LogP contribution >= 0.6 is 31.9 Å². The van der Waals surface area contributed by atoms with Gasteiger partial charge in [-0.1, -0.05) is 18.2 Å². The summed E-state index contributed by atoms with van der Waals surface area (Å²) < 4.78 is 6.94. The summed E-state index contributed by atoms with van der Waals surface area (Å²) in [7, 11) is 0. The number of urea groups is 2. The molecule has 15 heteroatoms. The van der Waals surface area contributed by atoms with Crippen LogP contribution < -0.4 is 16.4 Å². The summed E-state index contributed by atoms with van der Waals surface area (Å²) in [5.41, 5.74) is 9.03. The first-order valence-corrected chi connectivity index (χ1v) is 20.2. The van der Waals surface area contributed by atoms with Crippen LogP contribution in [0.25, 0.3) is 0 Å². The van der Waals surface area contributed by atoms with Gasteiger partial charge in [-0.05, 0) is 108 Å². The number of halogens is 2. The Labute approximate surface area is 329 Å². The Balaban J connectivity index is 1.04. The molecular formula is C38H52Br2N8O5. The maximum Gasteiger partial charge on any atom is 0.322 e. The standard InChI is InChI=1S/C38H52Br2N8O5/c1-38(2,3)53-33(49)24-44-16-18-45(19-17-44)27-8-12-46(13-9-27)35(50)32(22-25-20-29(39)34(41)30(40)21-25)43-36(51)47-14-10-28(11-15-47)48-23-26-6-4-5-7-31(26)42-37(48)52/h4-7,20-21,27-28,32H,8-19,22-24,41H2,1-3H3,(H,42,52)(H,43,51)/t32-/m1/s1. The third-order valence-electron chi connectivity index (χ3n) is 10.7. The fourth-order valence-corrected chi connectivity index (χ4v) is 9.12. The number of hydrogen-bond donors (Lipinski definition) is 3. The van der Waals surface area contributed by atoms with Crippen molar-refractivity contribution in [2.45, 2.75) is 83.1 Å². The molecule has 13 nitrogen and oxygen atoms in total. The lowest BCUT2D eigenvalue weighted by Crippen LogP contribution is -2.58. The van der Waals surface area contributed by atoms with Crippen LogP contribution in [0, 0.1) is 0 Å². The van der Waals surface area contributed by atoms with E-state index < -0.39 is 11.6 Å². The number of nitrogens with two attached hydrogens (primary N) is 1. The maximum atomic E-state index is 14.2. The molecule has 1 atom stereocenters. The molecule has 0 aromatic heterocycles. The average Bonchev–Trinajstić information content (AvgIpc) is 3.12. The van der Waals surface area contributed by atoms with E-state index in [0.29, 0.717) is 70.3 Å². The van der Waals surface area contributed by atoms with Crippen LogP contribution in [0.5, 0.6) is 0 Å². The summed E-state index contributed by atoms with van der Waals surface area (Å²) in [5.74, 6) is -0.290. The van der Waals surface area contributed by atoms with E-state index in [2.05, 4.69) is 52.3 Å². The van der Waals surface area contributed by atoms with E-state index in [9.17, 15) is 19.2 Å². The van der Waals surface area contributed by atoms with Crippen molar-refractivity contribution in [3.05, 3.63) is 56.5 Å². The van der Waals surface area contributed by atoms with Gasteiger partial charge in [0.05, 0.1) is 12.2 Å². The molecule has 3 saturated heterocycles. The van der Waals surface area contributed by atoms with Crippen molar-refractivity contribution in [2.75, 3.05) is 70.0 Å². The number of para-hydroxylation sites is 1. The Morgan fingerprint density at radius 3 is 2.15 bits per heavy atom. The molecule has 4 aliphatic rings. The molecule has 0 spiro atoms. The number of amides is 5. The molecule has 0 unspecified atom stereocenters. The number of carbonyl (C=O) groups is 4. The Morgan fingerprint density at radius 2 is 1.51 bits per heavy atom. The van der Waals surface area contributed by atoms with Crippen molar-refractivity contribution in [1.82, 2.24) is 29.8 Å². The number of hydrogen-bond acceptors (Lipinski definition) is 8. The lowest BCUT2D eigenvalue weighted by Gasteiger charge is -2.43. The van der Waals surface area contributed by atoms with E-state index in [0.717, 1.165) is 64.8 Å². The second kappa shape index (κ2) is 17.0. The second-order valence-electron chi connectivity index (χ2n) is 15.6. The van der Waals surface area contributed by atoms with Gasteiger partial charge in [-0.15, -0.1) is 0 Å². The monoisotopic (exact) mass is 858 g/mol. The molecule has 2 aromatic carbocycles. The molecule has 2 aromatic rings. The van der Waals surface area contributed by atoms with Gasteiger partial charge in [-0.25, -0.2) is 9.59 Å². The third-order valence-corrected chi connectivity index (χ3v) is 12.0. The van der Waals surface area contributed by atoms with Crippen LogP contribution in [0.4, 0.5) is 21.0 Å².